The molecule has 0 spiro atoms. The minimum atomic E-state index is -0.737. The number of carbonyl (C=O) groups excluding carboxylic acids is 2. The number of hydrogen-bond donors (Lipinski definition) is 3. The van der Waals surface area contributed by atoms with E-state index in [1.807, 2.05) is 24.3 Å². The van der Waals surface area contributed by atoms with Gasteiger partial charge in [0.15, 0.2) is 0 Å². The van der Waals surface area contributed by atoms with Gasteiger partial charge < -0.3 is 25.4 Å². The molecule has 0 aromatic heterocycles. The van der Waals surface area contributed by atoms with Gasteiger partial charge in [-0.15, -0.1) is 0 Å². The summed E-state index contributed by atoms with van der Waals surface area (Å²) in [5.41, 5.74) is 0.0791. The second-order valence-corrected chi connectivity index (χ2v) is 5.65. The third kappa shape index (κ3) is 5.23. The molecule has 1 aliphatic rings. The average Bonchev–Trinajstić information content (AvgIpc) is 2.68. The molecule has 142 valence electrons. The summed E-state index contributed by atoms with van der Waals surface area (Å²) < 4.78 is 5.22. The Morgan fingerprint density at radius 1 is 1.35 bits per heavy atom. The van der Waals surface area contributed by atoms with Crippen LogP contribution in [0.1, 0.15) is 12.8 Å². The van der Waals surface area contributed by atoms with E-state index in [1.165, 1.54) is 6.08 Å². The van der Waals surface area contributed by atoms with Crippen LogP contribution in [0.2, 0.25) is 0 Å². The normalized spacial score (nSPS) is 14.9. The summed E-state index contributed by atoms with van der Waals surface area (Å²) in [6.45, 7) is 4.28. The van der Waals surface area contributed by atoms with Crippen LogP contribution in [0, 0.1) is 0 Å². The summed E-state index contributed by atoms with van der Waals surface area (Å²) in [5.74, 6) is 0.546. The van der Waals surface area contributed by atoms with E-state index in [4.69, 9.17) is 14.6 Å². The van der Waals surface area contributed by atoms with Crippen molar-refractivity contribution in [1.82, 2.24) is 10.2 Å². The molecule has 1 aliphatic heterocycles. The zero-order valence-corrected chi connectivity index (χ0v) is 15.0. The van der Waals surface area contributed by atoms with Crippen LogP contribution in [0.4, 0.5) is 5.69 Å². The highest BCUT2D eigenvalue weighted by molar-refractivity contribution is 5.91. The molecule has 1 fully saturated rings. The molecule has 0 atom stereocenters. The number of carboxylic acid groups (broad SMARTS) is 1. The van der Waals surface area contributed by atoms with Gasteiger partial charge in [-0.05, 0) is 31.1 Å². The van der Waals surface area contributed by atoms with Crippen molar-refractivity contribution in [2.24, 2.45) is 0 Å². The maximum absolute atomic E-state index is 12.5. The highest BCUT2D eigenvalue weighted by Crippen LogP contribution is 2.29. The van der Waals surface area contributed by atoms with E-state index in [0.717, 1.165) is 11.4 Å². The molecule has 2 amide bonds. The molecule has 0 unspecified atom stereocenters. The first kappa shape index (κ1) is 21.0. The second-order valence-electron chi connectivity index (χ2n) is 5.65. The smallest absolute Gasteiger partial charge is 0.290 e. The third-order valence-electron chi connectivity index (χ3n) is 4.22. The van der Waals surface area contributed by atoms with Gasteiger partial charge in [0.2, 0.25) is 11.8 Å². The van der Waals surface area contributed by atoms with Crippen molar-refractivity contribution >= 4 is 24.0 Å². The van der Waals surface area contributed by atoms with Crippen molar-refractivity contribution in [2.75, 3.05) is 32.6 Å². The highest BCUT2D eigenvalue weighted by atomic mass is 16.5. The number of amides is 2. The molecule has 26 heavy (non-hydrogen) atoms. The molecule has 2 rings (SSSR count). The lowest BCUT2D eigenvalue weighted by atomic mass is 9.86. The van der Waals surface area contributed by atoms with Crippen LogP contribution < -0.4 is 15.4 Å². The Labute approximate surface area is 152 Å². The van der Waals surface area contributed by atoms with Gasteiger partial charge in [0.25, 0.3) is 6.47 Å². The van der Waals surface area contributed by atoms with Crippen LogP contribution in [0.15, 0.2) is 36.9 Å². The van der Waals surface area contributed by atoms with Gasteiger partial charge in [-0.2, -0.15) is 0 Å². The number of nitrogens with zero attached hydrogens (tertiary/aromatic N) is 1. The summed E-state index contributed by atoms with van der Waals surface area (Å²) in [6, 6.07) is 7.47. The van der Waals surface area contributed by atoms with Crippen molar-refractivity contribution < 1.29 is 24.2 Å². The highest BCUT2D eigenvalue weighted by Gasteiger charge is 2.41. The van der Waals surface area contributed by atoms with Gasteiger partial charge in [0, 0.05) is 31.9 Å². The predicted molar refractivity (Wildman–Crippen MR) is 98.1 cm³/mol. The second kappa shape index (κ2) is 10.1. The fourth-order valence-corrected chi connectivity index (χ4v) is 2.86. The Morgan fingerprint density at radius 2 is 1.96 bits per heavy atom. The van der Waals surface area contributed by atoms with Gasteiger partial charge in [-0.1, -0.05) is 12.6 Å². The van der Waals surface area contributed by atoms with E-state index in [9.17, 15) is 9.59 Å². The number of ether oxygens (including phenoxy) is 1. The fourth-order valence-electron chi connectivity index (χ4n) is 2.86. The number of rotatable bonds is 5. The molecule has 0 aliphatic carbocycles. The molecule has 0 radical (unpaired) electrons. The number of piperidine rings is 1. The topological polar surface area (TPSA) is 108 Å². The van der Waals surface area contributed by atoms with Gasteiger partial charge >= 0.3 is 0 Å². The number of hydrogen-bond acceptors (Lipinski definition) is 5. The average molecular weight is 363 g/mol. The van der Waals surface area contributed by atoms with Crippen LogP contribution in [0.3, 0.4) is 0 Å². The van der Waals surface area contributed by atoms with Gasteiger partial charge in [-0.3, -0.25) is 14.4 Å². The van der Waals surface area contributed by atoms with Crippen LogP contribution in [0.25, 0.3) is 0 Å². The number of nitrogens with one attached hydrogen (secondary N) is 2. The first-order valence-electron chi connectivity index (χ1n) is 8.10. The van der Waals surface area contributed by atoms with Crippen molar-refractivity contribution in [1.29, 1.82) is 0 Å². The van der Waals surface area contributed by atoms with E-state index >= 15 is 0 Å². The summed E-state index contributed by atoms with van der Waals surface area (Å²) in [6.07, 6.45) is 2.37. The molecular formula is C18H25N3O5. The lowest BCUT2D eigenvalue weighted by Gasteiger charge is -2.41. The monoisotopic (exact) mass is 363 g/mol. The van der Waals surface area contributed by atoms with Crippen LogP contribution in [-0.4, -0.2) is 61.1 Å². The molecular weight excluding hydrogens is 338 g/mol. The summed E-state index contributed by atoms with van der Waals surface area (Å²) in [5, 5.41) is 13.0. The van der Waals surface area contributed by atoms with Crippen LogP contribution in [-0.2, 0) is 14.4 Å². The van der Waals surface area contributed by atoms with Crippen molar-refractivity contribution in [2.45, 2.75) is 18.4 Å². The zero-order valence-electron chi connectivity index (χ0n) is 15.0. The number of methoxy groups -OCH3 is 1. The standard InChI is InChI=1S/C17H23N3O3.CH2O2/c1-4-15(21)20-10-8-17(9-11-20,16(22)18-2)19-13-6-5-7-14(12-13)23-3;2-1-3/h4-7,12,19H,1,8-11H2,2-3H3,(H,18,22);1H,(H,2,3). The van der Waals surface area contributed by atoms with E-state index in [-0.39, 0.29) is 18.3 Å². The fraction of sp³-hybridized carbons (Fsp3) is 0.389. The molecule has 0 saturated carbocycles. The number of likely N-dealkylation sites (tertiary alicyclic amines) is 1. The molecule has 1 heterocycles. The summed E-state index contributed by atoms with van der Waals surface area (Å²) in [4.78, 5) is 34.3. The lowest BCUT2D eigenvalue weighted by Crippen LogP contribution is -2.58. The van der Waals surface area contributed by atoms with Gasteiger partial charge in [0.05, 0.1) is 7.11 Å². The Hall–Kier alpha value is -3.03. The van der Waals surface area contributed by atoms with Crippen molar-refractivity contribution in [3.63, 3.8) is 0 Å². The van der Waals surface area contributed by atoms with Crippen LogP contribution >= 0.6 is 0 Å². The Bertz CT molecular complexity index is 639. The summed E-state index contributed by atoms with van der Waals surface area (Å²) >= 11 is 0. The zero-order chi connectivity index (χ0) is 19.6. The number of likely N-dealkylation sites (N-methyl/N-ethyl adjacent to an activating group) is 1. The third-order valence-corrected chi connectivity index (χ3v) is 4.22. The van der Waals surface area contributed by atoms with Crippen molar-refractivity contribution in [3.8, 4) is 5.75 Å². The molecule has 8 heteroatoms. The molecule has 0 bridgehead atoms. The van der Waals surface area contributed by atoms with E-state index in [2.05, 4.69) is 17.2 Å². The number of benzene rings is 1. The minimum Gasteiger partial charge on any atom is -0.497 e. The Morgan fingerprint density at radius 3 is 2.46 bits per heavy atom. The quantitative estimate of drug-likeness (QED) is 0.534. The molecule has 1 saturated heterocycles. The maximum Gasteiger partial charge on any atom is 0.290 e. The van der Waals surface area contributed by atoms with E-state index < -0.39 is 5.54 Å². The predicted octanol–water partition coefficient (Wildman–Crippen LogP) is 1.10. The Kier molecular flexibility index (Phi) is 8.14. The minimum absolute atomic E-state index is 0.0778. The SMILES string of the molecule is C=CC(=O)N1CCC(Nc2cccc(OC)c2)(C(=O)NC)CC1.O=CO. The summed E-state index contributed by atoms with van der Waals surface area (Å²) in [7, 11) is 3.23. The number of anilines is 1. The van der Waals surface area contributed by atoms with Gasteiger partial charge in [-0.25, -0.2) is 0 Å². The van der Waals surface area contributed by atoms with Crippen molar-refractivity contribution in [3.05, 3.63) is 36.9 Å². The van der Waals surface area contributed by atoms with Gasteiger partial charge in [0.1, 0.15) is 11.3 Å². The number of carbonyl (C=O) groups is 3. The molecule has 3 N–H and O–H groups in total. The van der Waals surface area contributed by atoms with E-state index in [0.29, 0.717) is 25.9 Å². The molecule has 1 aromatic rings. The maximum atomic E-state index is 12.5. The largest absolute Gasteiger partial charge is 0.497 e. The lowest BCUT2D eigenvalue weighted by molar-refractivity contribution is -0.132. The first-order valence-corrected chi connectivity index (χ1v) is 8.10. The first-order chi connectivity index (χ1) is 12.5. The molecule has 1 aromatic carbocycles. The molecule has 8 nitrogen and oxygen atoms in total. The Balaban J connectivity index is 0.00000105. The van der Waals surface area contributed by atoms with Crippen LogP contribution in [0.5, 0.6) is 5.75 Å². The van der Waals surface area contributed by atoms with E-state index in [1.54, 1.807) is 19.1 Å².